The molecule has 0 aliphatic heterocycles. The highest BCUT2D eigenvalue weighted by molar-refractivity contribution is 7.11. The molecule has 0 saturated carbocycles. The van der Waals surface area contributed by atoms with Gasteiger partial charge in [0, 0.05) is 36.3 Å². The molecular formula is C18H25N5OS. The van der Waals surface area contributed by atoms with Crippen molar-refractivity contribution in [3.05, 3.63) is 46.4 Å². The van der Waals surface area contributed by atoms with E-state index in [0.29, 0.717) is 5.96 Å². The van der Waals surface area contributed by atoms with Gasteiger partial charge >= 0.3 is 0 Å². The predicted octanol–water partition coefficient (Wildman–Crippen LogP) is 2.44. The molecule has 7 heteroatoms. The fourth-order valence-electron chi connectivity index (χ4n) is 2.13. The SMILES string of the molecule is CCNC(=NCC(=O)Nc1ccccc1)NCCc1ncc(CC)s1. The van der Waals surface area contributed by atoms with Crippen LogP contribution in [0.15, 0.2) is 41.5 Å². The largest absolute Gasteiger partial charge is 0.357 e. The molecule has 0 spiro atoms. The number of benzene rings is 1. The van der Waals surface area contributed by atoms with Crippen LogP contribution in [-0.2, 0) is 17.6 Å². The highest BCUT2D eigenvalue weighted by atomic mass is 32.1. The van der Waals surface area contributed by atoms with Crippen LogP contribution in [0.4, 0.5) is 5.69 Å². The number of nitrogens with zero attached hydrogens (tertiary/aromatic N) is 2. The van der Waals surface area contributed by atoms with Gasteiger partial charge in [0.15, 0.2) is 5.96 Å². The minimum Gasteiger partial charge on any atom is -0.357 e. The first kappa shape index (κ1) is 18.9. The molecule has 0 aliphatic rings. The first-order valence-corrected chi connectivity index (χ1v) is 9.33. The number of hydrogen-bond acceptors (Lipinski definition) is 4. The van der Waals surface area contributed by atoms with E-state index in [4.69, 9.17) is 0 Å². The number of anilines is 1. The van der Waals surface area contributed by atoms with Crippen molar-refractivity contribution >= 4 is 28.9 Å². The quantitative estimate of drug-likeness (QED) is 0.500. The molecular weight excluding hydrogens is 334 g/mol. The molecule has 134 valence electrons. The lowest BCUT2D eigenvalue weighted by Crippen LogP contribution is -2.39. The van der Waals surface area contributed by atoms with Gasteiger partial charge in [-0.15, -0.1) is 11.3 Å². The van der Waals surface area contributed by atoms with Gasteiger partial charge in [-0.3, -0.25) is 4.79 Å². The summed E-state index contributed by atoms with van der Waals surface area (Å²) in [7, 11) is 0. The topological polar surface area (TPSA) is 78.4 Å². The number of para-hydroxylation sites is 1. The zero-order chi connectivity index (χ0) is 17.9. The van der Waals surface area contributed by atoms with Crippen LogP contribution in [0, 0.1) is 0 Å². The van der Waals surface area contributed by atoms with Crippen LogP contribution in [0.3, 0.4) is 0 Å². The second kappa shape index (κ2) is 10.5. The van der Waals surface area contributed by atoms with Gasteiger partial charge in [-0.05, 0) is 25.5 Å². The molecule has 2 aromatic rings. The number of carbonyl (C=O) groups is 1. The van der Waals surface area contributed by atoms with Crippen molar-refractivity contribution in [1.29, 1.82) is 0 Å². The number of amides is 1. The van der Waals surface area contributed by atoms with E-state index in [1.807, 2.05) is 43.5 Å². The van der Waals surface area contributed by atoms with Gasteiger partial charge in [0.2, 0.25) is 5.91 Å². The molecule has 0 aliphatic carbocycles. The molecule has 2 rings (SSSR count). The predicted molar refractivity (Wildman–Crippen MR) is 104 cm³/mol. The Bertz CT molecular complexity index is 684. The first-order chi connectivity index (χ1) is 12.2. The monoisotopic (exact) mass is 359 g/mol. The van der Waals surface area contributed by atoms with Gasteiger partial charge in [0.1, 0.15) is 6.54 Å². The number of thiazole rings is 1. The van der Waals surface area contributed by atoms with E-state index in [-0.39, 0.29) is 12.5 Å². The van der Waals surface area contributed by atoms with Gasteiger partial charge in [0.25, 0.3) is 0 Å². The average molecular weight is 359 g/mol. The number of aliphatic imine (C=N–C) groups is 1. The summed E-state index contributed by atoms with van der Waals surface area (Å²) in [5.41, 5.74) is 0.774. The zero-order valence-corrected chi connectivity index (χ0v) is 15.5. The summed E-state index contributed by atoms with van der Waals surface area (Å²) in [6.45, 7) is 5.66. The molecule has 3 N–H and O–H groups in total. The smallest absolute Gasteiger partial charge is 0.246 e. The number of rotatable bonds is 8. The minimum absolute atomic E-state index is 0.0709. The Balaban J connectivity index is 1.79. The number of aromatic nitrogens is 1. The molecule has 0 unspecified atom stereocenters. The van der Waals surface area contributed by atoms with Crippen molar-refractivity contribution < 1.29 is 4.79 Å². The number of guanidine groups is 1. The summed E-state index contributed by atoms with van der Waals surface area (Å²) in [6.07, 6.45) is 3.80. The summed E-state index contributed by atoms with van der Waals surface area (Å²) in [5, 5.41) is 10.3. The van der Waals surface area contributed by atoms with Gasteiger partial charge < -0.3 is 16.0 Å². The molecule has 0 fully saturated rings. The maximum atomic E-state index is 12.0. The molecule has 1 aromatic heterocycles. The summed E-state index contributed by atoms with van der Waals surface area (Å²) in [5.74, 6) is 0.494. The van der Waals surface area contributed by atoms with Crippen LogP contribution in [0.2, 0.25) is 0 Å². The lowest BCUT2D eigenvalue weighted by atomic mass is 10.3. The lowest BCUT2D eigenvalue weighted by molar-refractivity contribution is -0.114. The third kappa shape index (κ3) is 6.93. The van der Waals surface area contributed by atoms with Crippen molar-refractivity contribution in [2.75, 3.05) is 25.0 Å². The zero-order valence-electron chi connectivity index (χ0n) is 14.7. The molecule has 25 heavy (non-hydrogen) atoms. The van der Waals surface area contributed by atoms with Crippen LogP contribution >= 0.6 is 11.3 Å². The molecule has 1 heterocycles. The van der Waals surface area contributed by atoms with Crippen molar-refractivity contribution in [3.63, 3.8) is 0 Å². The fourth-order valence-corrected chi connectivity index (χ4v) is 2.99. The highest BCUT2D eigenvalue weighted by Gasteiger charge is 2.04. The average Bonchev–Trinajstić information content (AvgIpc) is 3.08. The third-order valence-corrected chi connectivity index (χ3v) is 4.57. The van der Waals surface area contributed by atoms with E-state index in [9.17, 15) is 4.79 Å². The van der Waals surface area contributed by atoms with E-state index < -0.39 is 0 Å². The molecule has 0 bridgehead atoms. The summed E-state index contributed by atoms with van der Waals surface area (Å²) >= 11 is 1.74. The van der Waals surface area contributed by atoms with Crippen LogP contribution in [0.25, 0.3) is 0 Å². The van der Waals surface area contributed by atoms with Crippen molar-refractivity contribution in [1.82, 2.24) is 15.6 Å². The number of aryl methyl sites for hydroxylation is 1. The normalized spacial score (nSPS) is 11.2. The molecule has 6 nitrogen and oxygen atoms in total. The maximum absolute atomic E-state index is 12.0. The Morgan fingerprint density at radius 2 is 2.00 bits per heavy atom. The van der Waals surface area contributed by atoms with Gasteiger partial charge in [0.05, 0.1) is 5.01 Å². The first-order valence-electron chi connectivity index (χ1n) is 8.52. The lowest BCUT2D eigenvalue weighted by Gasteiger charge is -2.10. The summed E-state index contributed by atoms with van der Waals surface area (Å²) in [4.78, 5) is 22.0. The van der Waals surface area contributed by atoms with E-state index in [1.165, 1.54) is 4.88 Å². The van der Waals surface area contributed by atoms with Gasteiger partial charge in [-0.25, -0.2) is 9.98 Å². The Labute approximate surface area is 152 Å². The molecule has 0 radical (unpaired) electrons. The van der Waals surface area contributed by atoms with Gasteiger partial charge in [-0.1, -0.05) is 25.1 Å². The van der Waals surface area contributed by atoms with Crippen LogP contribution in [0.1, 0.15) is 23.7 Å². The maximum Gasteiger partial charge on any atom is 0.246 e. The molecule has 1 aromatic carbocycles. The van der Waals surface area contributed by atoms with Crippen LogP contribution in [0.5, 0.6) is 0 Å². The highest BCUT2D eigenvalue weighted by Crippen LogP contribution is 2.13. The standard InChI is InChI=1S/C18H25N5OS/c1-3-15-12-21-17(25-15)10-11-20-18(19-4-2)22-13-16(24)23-14-8-6-5-7-9-14/h5-9,12H,3-4,10-11,13H2,1-2H3,(H,23,24)(H2,19,20,22). The van der Waals surface area contributed by atoms with Crippen LogP contribution < -0.4 is 16.0 Å². The van der Waals surface area contributed by atoms with Gasteiger partial charge in [-0.2, -0.15) is 0 Å². The second-order valence-electron chi connectivity index (χ2n) is 5.36. The Hall–Kier alpha value is -2.41. The fraction of sp³-hybridized carbons (Fsp3) is 0.389. The van der Waals surface area contributed by atoms with E-state index in [2.05, 4.69) is 32.9 Å². The number of hydrogen-bond donors (Lipinski definition) is 3. The number of carbonyl (C=O) groups excluding carboxylic acids is 1. The van der Waals surface area contributed by atoms with E-state index >= 15 is 0 Å². The van der Waals surface area contributed by atoms with Crippen molar-refractivity contribution in [3.8, 4) is 0 Å². The molecule has 0 saturated heterocycles. The van der Waals surface area contributed by atoms with E-state index in [1.54, 1.807) is 11.3 Å². The Kier molecular flexibility index (Phi) is 7.91. The Morgan fingerprint density at radius 1 is 1.20 bits per heavy atom. The second-order valence-corrected chi connectivity index (χ2v) is 6.56. The minimum atomic E-state index is -0.143. The van der Waals surface area contributed by atoms with Crippen LogP contribution in [-0.4, -0.2) is 36.5 Å². The summed E-state index contributed by atoms with van der Waals surface area (Å²) in [6, 6.07) is 9.38. The Morgan fingerprint density at radius 3 is 2.68 bits per heavy atom. The summed E-state index contributed by atoms with van der Waals surface area (Å²) < 4.78 is 0. The number of nitrogens with one attached hydrogen (secondary N) is 3. The van der Waals surface area contributed by atoms with E-state index in [0.717, 1.165) is 36.6 Å². The van der Waals surface area contributed by atoms with Crippen molar-refractivity contribution in [2.24, 2.45) is 4.99 Å². The third-order valence-electron chi connectivity index (χ3n) is 3.36. The van der Waals surface area contributed by atoms with Crippen molar-refractivity contribution in [2.45, 2.75) is 26.7 Å². The molecule has 0 atom stereocenters. The molecule has 1 amide bonds.